The largest absolute Gasteiger partial charge is 0.493 e. The lowest BCUT2D eigenvalue weighted by atomic mass is 10.2. The molecule has 1 fully saturated rings. The van der Waals surface area contributed by atoms with Gasteiger partial charge in [-0.15, -0.1) is 5.11 Å². The van der Waals surface area contributed by atoms with Crippen LogP contribution in [0.25, 0.3) is 10.9 Å². The van der Waals surface area contributed by atoms with Crippen molar-refractivity contribution in [3.8, 4) is 5.88 Å². The third-order valence-corrected chi connectivity index (χ3v) is 6.10. The molecular weight excluding hydrogens is 380 g/mol. The molecule has 2 aromatic carbocycles. The topological polar surface area (TPSA) is 49.9 Å². The second kappa shape index (κ2) is 6.55. The first kappa shape index (κ1) is 17.3. The minimum Gasteiger partial charge on any atom is -0.493 e. The predicted octanol–water partition coefficient (Wildman–Crippen LogP) is 6.29. The zero-order valence-corrected chi connectivity index (χ0v) is 15.3. The fourth-order valence-electron chi connectivity index (χ4n) is 2.97. The molecule has 0 amide bonds. The molecule has 2 heterocycles. The van der Waals surface area contributed by atoms with Crippen molar-refractivity contribution in [1.82, 2.24) is 4.57 Å². The van der Waals surface area contributed by atoms with Crippen LogP contribution in [0.5, 0.6) is 5.88 Å². The standard InChI is InChI=1S/C18H14ClF2N3OS/c1-9-13(19)3-2-4-15(9)22-23-16-12-5-10(20)6-14(21)17(12)24(18(16)25)11-7-26-8-11/h2-6,11,25H,7-8H2,1H3. The van der Waals surface area contributed by atoms with Crippen LogP contribution in [0.1, 0.15) is 11.6 Å². The van der Waals surface area contributed by atoms with Crippen LogP contribution in [0.2, 0.25) is 5.02 Å². The Hall–Kier alpha value is -2.12. The highest BCUT2D eigenvalue weighted by atomic mass is 35.5. The van der Waals surface area contributed by atoms with Gasteiger partial charge in [-0.05, 0) is 30.7 Å². The van der Waals surface area contributed by atoms with Gasteiger partial charge in [0.05, 0.1) is 17.2 Å². The molecule has 0 atom stereocenters. The first-order chi connectivity index (χ1) is 12.5. The van der Waals surface area contributed by atoms with E-state index in [1.807, 2.05) is 0 Å². The highest BCUT2D eigenvalue weighted by Gasteiger charge is 2.29. The molecule has 1 saturated heterocycles. The molecule has 134 valence electrons. The van der Waals surface area contributed by atoms with E-state index in [9.17, 15) is 13.9 Å². The maximum atomic E-state index is 14.4. The molecule has 4 nitrogen and oxygen atoms in total. The van der Waals surface area contributed by atoms with Crippen molar-refractivity contribution in [3.05, 3.63) is 52.6 Å². The maximum Gasteiger partial charge on any atom is 0.221 e. The third-order valence-electron chi connectivity index (χ3n) is 4.45. The highest BCUT2D eigenvalue weighted by molar-refractivity contribution is 8.00. The number of hydrogen-bond donors (Lipinski definition) is 1. The number of rotatable bonds is 3. The molecule has 0 radical (unpaired) electrons. The predicted molar refractivity (Wildman–Crippen MR) is 100 cm³/mol. The van der Waals surface area contributed by atoms with Gasteiger partial charge in [-0.3, -0.25) is 0 Å². The van der Waals surface area contributed by atoms with Crippen LogP contribution < -0.4 is 0 Å². The van der Waals surface area contributed by atoms with Crippen LogP contribution in [0.4, 0.5) is 20.2 Å². The summed E-state index contributed by atoms with van der Waals surface area (Å²) >= 11 is 7.77. The Morgan fingerprint density at radius 3 is 2.69 bits per heavy atom. The maximum absolute atomic E-state index is 14.4. The van der Waals surface area contributed by atoms with Crippen LogP contribution in [0.15, 0.2) is 40.6 Å². The van der Waals surface area contributed by atoms with E-state index >= 15 is 0 Å². The van der Waals surface area contributed by atoms with Gasteiger partial charge in [0.2, 0.25) is 5.88 Å². The minimum atomic E-state index is -0.731. The molecule has 0 spiro atoms. The lowest BCUT2D eigenvalue weighted by molar-refractivity contribution is 0.404. The van der Waals surface area contributed by atoms with Gasteiger partial charge in [-0.25, -0.2) is 8.78 Å². The number of azo groups is 1. The zero-order chi connectivity index (χ0) is 18.4. The molecule has 26 heavy (non-hydrogen) atoms. The van der Waals surface area contributed by atoms with E-state index in [4.69, 9.17) is 11.6 Å². The van der Waals surface area contributed by atoms with Gasteiger partial charge >= 0.3 is 0 Å². The Labute approximate surface area is 157 Å². The second-order valence-electron chi connectivity index (χ2n) is 6.10. The Morgan fingerprint density at radius 1 is 1.23 bits per heavy atom. The molecule has 0 saturated carbocycles. The Balaban J connectivity index is 1.90. The Kier molecular flexibility index (Phi) is 4.36. The fraction of sp³-hybridized carbons (Fsp3) is 0.222. The van der Waals surface area contributed by atoms with E-state index in [1.165, 1.54) is 10.6 Å². The zero-order valence-electron chi connectivity index (χ0n) is 13.7. The van der Waals surface area contributed by atoms with Crippen molar-refractivity contribution in [2.75, 3.05) is 11.5 Å². The molecule has 3 aromatic rings. The summed E-state index contributed by atoms with van der Waals surface area (Å²) < 4.78 is 29.7. The highest BCUT2D eigenvalue weighted by Crippen LogP contribution is 2.46. The number of aromatic hydroxyl groups is 1. The average Bonchev–Trinajstić information content (AvgIpc) is 2.80. The number of benzene rings is 2. The number of hydrogen-bond acceptors (Lipinski definition) is 4. The van der Waals surface area contributed by atoms with Crippen LogP contribution in [0, 0.1) is 18.6 Å². The number of aromatic nitrogens is 1. The summed E-state index contributed by atoms with van der Waals surface area (Å²) in [6.07, 6.45) is 0. The van der Waals surface area contributed by atoms with Crippen LogP contribution >= 0.6 is 23.4 Å². The minimum absolute atomic E-state index is 0.0506. The molecule has 0 bridgehead atoms. The molecule has 0 unspecified atom stereocenters. The van der Waals surface area contributed by atoms with E-state index in [-0.39, 0.29) is 28.5 Å². The van der Waals surface area contributed by atoms with E-state index in [1.54, 1.807) is 36.9 Å². The van der Waals surface area contributed by atoms with Crippen molar-refractivity contribution in [1.29, 1.82) is 0 Å². The Morgan fingerprint density at radius 2 is 2.00 bits per heavy atom. The van der Waals surface area contributed by atoms with Gasteiger partial charge < -0.3 is 9.67 Å². The molecule has 0 aliphatic carbocycles. The molecule has 1 aliphatic rings. The number of fused-ring (bicyclic) bond motifs is 1. The van der Waals surface area contributed by atoms with Crippen LogP contribution in [-0.2, 0) is 0 Å². The molecule has 1 N–H and O–H groups in total. The summed E-state index contributed by atoms with van der Waals surface area (Å²) in [4.78, 5) is 0. The van der Waals surface area contributed by atoms with Gasteiger partial charge in [-0.1, -0.05) is 17.7 Å². The summed E-state index contributed by atoms with van der Waals surface area (Å²) in [6, 6.07) is 7.12. The Bertz CT molecular complexity index is 1050. The lowest BCUT2D eigenvalue weighted by Gasteiger charge is -2.27. The number of thioether (sulfide) groups is 1. The monoisotopic (exact) mass is 393 g/mol. The molecular formula is C18H14ClF2N3OS. The molecule has 1 aromatic heterocycles. The summed E-state index contributed by atoms with van der Waals surface area (Å²) in [5.41, 5.74) is 1.45. The van der Waals surface area contributed by atoms with Gasteiger partial charge in [0.15, 0.2) is 11.5 Å². The SMILES string of the molecule is Cc1c(Cl)cccc1N=Nc1c(O)n(C2CSC2)c2c(F)cc(F)cc12. The fourth-order valence-corrected chi connectivity index (χ4v) is 3.88. The smallest absolute Gasteiger partial charge is 0.221 e. The normalized spacial score (nSPS) is 15.1. The first-order valence-corrected chi connectivity index (χ1v) is 9.47. The van der Waals surface area contributed by atoms with E-state index < -0.39 is 11.6 Å². The van der Waals surface area contributed by atoms with Crippen LogP contribution in [0.3, 0.4) is 0 Å². The number of nitrogens with zero attached hydrogens (tertiary/aromatic N) is 3. The van der Waals surface area contributed by atoms with E-state index in [0.29, 0.717) is 10.7 Å². The second-order valence-corrected chi connectivity index (χ2v) is 7.58. The van der Waals surface area contributed by atoms with Crippen LogP contribution in [-0.4, -0.2) is 21.2 Å². The van der Waals surface area contributed by atoms with Crippen molar-refractivity contribution < 1.29 is 13.9 Å². The van der Waals surface area contributed by atoms with Gasteiger partial charge in [0.1, 0.15) is 5.82 Å². The van der Waals surface area contributed by atoms with E-state index in [0.717, 1.165) is 23.1 Å². The molecule has 4 rings (SSSR count). The number of halogens is 3. The summed E-state index contributed by atoms with van der Waals surface area (Å²) in [5, 5.41) is 19.6. The quantitative estimate of drug-likeness (QED) is 0.531. The summed E-state index contributed by atoms with van der Waals surface area (Å²) in [6.45, 7) is 1.80. The summed E-state index contributed by atoms with van der Waals surface area (Å²) in [5.74, 6) is -0.174. The van der Waals surface area contributed by atoms with Crippen molar-refractivity contribution in [2.24, 2.45) is 10.2 Å². The van der Waals surface area contributed by atoms with Crippen molar-refractivity contribution >= 4 is 45.6 Å². The molecule has 8 heteroatoms. The van der Waals surface area contributed by atoms with Gasteiger partial charge in [0, 0.05) is 28.0 Å². The van der Waals surface area contributed by atoms with Gasteiger partial charge in [0.25, 0.3) is 0 Å². The van der Waals surface area contributed by atoms with Crippen molar-refractivity contribution in [3.63, 3.8) is 0 Å². The average molecular weight is 394 g/mol. The third kappa shape index (κ3) is 2.75. The van der Waals surface area contributed by atoms with E-state index in [2.05, 4.69) is 10.2 Å². The first-order valence-electron chi connectivity index (χ1n) is 7.94. The molecule has 1 aliphatic heterocycles. The van der Waals surface area contributed by atoms with Crippen molar-refractivity contribution in [2.45, 2.75) is 13.0 Å². The summed E-state index contributed by atoms with van der Waals surface area (Å²) in [7, 11) is 0. The van der Waals surface area contributed by atoms with Gasteiger partial charge in [-0.2, -0.15) is 16.9 Å². The lowest BCUT2D eigenvalue weighted by Crippen LogP contribution is -2.22.